The van der Waals surface area contributed by atoms with Gasteiger partial charge >= 0.3 is 0 Å². The molecule has 0 bridgehead atoms. The van der Waals surface area contributed by atoms with Gasteiger partial charge in [-0.05, 0) is 6.07 Å². The number of rotatable bonds is 2. The lowest BCUT2D eigenvalue weighted by molar-refractivity contribution is -0.0252. The monoisotopic (exact) mass is 283 g/mol. The average molecular weight is 283 g/mol. The predicted molar refractivity (Wildman–Crippen MR) is 68.0 cm³/mol. The van der Waals surface area contributed by atoms with Crippen LogP contribution in [0, 0.1) is 4.64 Å². The lowest BCUT2D eigenvalue weighted by atomic mass is 10.1. The number of aliphatic hydroxyl groups excluding tert-OH is 3. The van der Waals surface area contributed by atoms with Crippen molar-refractivity contribution in [1.29, 1.82) is 0 Å². The Bertz CT molecular complexity index is 655. The number of hydrogen-bond acceptors (Lipinski definition) is 6. The molecular weight excluding hydrogens is 270 g/mol. The molecule has 5 N–H and O–H groups in total. The topological polar surface area (TPSA) is 114 Å². The van der Waals surface area contributed by atoms with Crippen molar-refractivity contribution in [2.75, 3.05) is 6.61 Å². The van der Waals surface area contributed by atoms with Crippen LogP contribution >= 0.6 is 12.2 Å². The van der Waals surface area contributed by atoms with Crippen LogP contribution in [-0.2, 0) is 4.74 Å². The molecule has 0 aliphatic carbocycles. The van der Waals surface area contributed by atoms with E-state index in [1.807, 2.05) is 0 Å². The van der Waals surface area contributed by atoms with E-state index in [1.54, 1.807) is 12.3 Å². The molecule has 0 unspecified atom stereocenters. The van der Waals surface area contributed by atoms with E-state index >= 15 is 0 Å². The summed E-state index contributed by atoms with van der Waals surface area (Å²) in [5.41, 5.74) is 0.580. The van der Waals surface area contributed by atoms with Gasteiger partial charge in [-0.2, -0.15) is 0 Å². The average Bonchev–Trinajstić information content (AvgIpc) is 2.96. The number of nitrogens with one attached hydrogen (secondary N) is 2. The maximum Gasteiger partial charge on any atom is 0.144 e. The minimum atomic E-state index is -1.16. The van der Waals surface area contributed by atoms with E-state index in [4.69, 9.17) is 22.1 Å². The highest BCUT2D eigenvalue weighted by Gasteiger charge is 2.44. The first-order chi connectivity index (χ1) is 9.11. The van der Waals surface area contributed by atoms with Crippen LogP contribution in [0.2, 0.25) is 0 Å². The van der Waals surface area contributed by atoms with E-state index in [-0.39, 0.29) is 6.61 Å². The van der Waals surface area contributed by atoms with Crippen LogP contribution in [0.1, 0.15) is 11.9 Å². The third kappa shape index (κ3) is 1.97. The van der Waals surface area contributed by atoms with Gasteiger partial charge in [0.25, 0.3) is 0 Å². The fourth-order valence-electron chi connectivity index (χ4n) is 2.23. The third-order valence-electron chi connectivity index (χ3n) is 3.26. The summed E-state index contributed by atoms with van der Waals surface area (Å²) < 4.78 is 5.87. The van der Waals surface area contributed by atoms with Gasteiger partial charge in [-0.15, -0.1) is 0 Å². The summed E-state index contributed by atoms with van der Waals surface area (Å²) in [5.74, 6) is 0.322. The van der Waals surface area contributed by atoms with Crippen molar-refractivity contribution in [2.45, 2.75) is 24.4 Å². The van der Waals surface area contributed by atoms with E-state index < -0.39 is 24.4 Å². The highest BCUT2D eigenvalue weighted by molar-refractivity contribution is 7.71. The Kier molecular flexibility index (Phi) is 3.11. The zero-order valence-electron chi connectivity index (χ0n) is 9.78. The summed E-state index contributed by atoms with van der Waals surface area (Å²) in [6, 6.07) is 1.79. The van der Waals surface area contributed by atoms with E-state index in [0.717, 1.165) is 5.39 Å². The molecule has 0 spiro atoms. The lowest BCUT2D eigenvalue weighted by Crippen LogP contribution is -2.32. The Morgan fingerprint density at radius 2 is 2.16 bits per heavy atom. The fraction of sp³-hybridized carbons (Fsp3) is 0.455. The molecule has 1 saturated heterocycles. The molecule has 4 atom stereocenters. The Morgan fingerprint density at radius 1 is 1.37 bits per heavy atom. The van der Waals surface area contributed by atoms with Crippen molar-refractivity contribution in [1.82, 2.24) is 15.0 Å². The lowest BCUT2D eigenvalue weighted by Gasteiger charge is -2.13. The van der Waals surface area contributed by atoms with Gasteiger partial charge in [0.2, 0.25) is 0 Å². The first kappa shape index (κ1) is 12.7. The number of H-pyrrole nitrogens is 2. The number of aliphatic hydroxyl groups is 3. The molecule has 0 amide bonds. The fourth-order valence-corrected chi connectivity index (χ4v) is 2.50. The van der Waals surface area contributed by atoms with Crippen LogP contribution in [0.4, 0.5) is 0 Å². The summed E-state index contributed by atoms with van der Waals surface area (Å²) in [4.78, 5) is 10.1. The van der Waals surface area contributed by atoms with E-state index in [9.17, 15) is 10.2 Å². The molecular formula is C11H13N3O4S. The normalized spacial score (nSPS) is 31.1. The molecule has 7 nitrogen and oxygen atoms in total. The summed E-state index contributed by atoms with van der Waals surface area (Å²) in [6.07, 6.45) is -2.28. The van der Waals surface area contributed by atoms with Gasteiger partial charge in [-0.25, -0.2) is 4.98 Å². The number of aromatic nitrogens is 3. The van der Waals surface area contributed by atoms with Gasteiger partial charge in [0, 0.05) is 6.20 Å². The number of ether oxygens (including phenoxy) is 1. The zero-order chi connectivity index (χ0) is 13.6. The maximum absolute atomic E-state index is 9.94. The summed E-state index contributed by atoms with van der Waals surface area (Å²) in [6.45, 7) is -0.375. The molecule has 0 saturated carbocycles. The summed E-state index contributed by atoms with van der Waals surface area (Å²) >= 11 is 5.19. The first-order valence-corrected chi connectivity index (χ1v) is 6.22. The van der Waals surface area contributed by atoms with Crippen LogP contribution in [0.15, 0.2) is 12.3 Å². The van der Waals surface area contributed by atoms with Gasteiger partial charge in [-0.1, -0.05) is 12.2 Å². The smallest absolute Gasteiger partial charge is 0.144 e. The molecule has 8 heteroatoms. The number of nitrogens with zero attached hydrogens (tertiary/aromatic N) is 1. The minimum absolute atomic E-state index is 0.322. The molecule has 1 fully saturated rings. The second-order valence-electron chi connectivity index (χ2n) is 4.45. The van der Waals surface area contributed by atoms with Crippen LogP contribution in [0.3, 0.4) is 0 Å². The zero-order valence-corrected chi connectivity index (χ0v) is 10.6. The molecule has 0 aromatic carbocycles. The number of hydrogen-bond donors (Lipinski definition) is 5. The van der Waals surface area contributed by atoms with Crippen LogP contribution in [0.5, 0.6) is 0 Å². The Balaban J connectivity index is 2.03. The molecule has 2 aromatic heterocycles. The number of aromatic amines is 2. The quantitative estimate of drug-likeness (QED) is 0.487. The maximum atomic E-state index is 9.94. The van der Waals surface area contributed by atoms with Gasteiger partial charge in [0.1, 0.15) is 40.5 Å². The van der Waals surface area contributed by atoms with Crippen molar-refractivity contribution in [3.63, 3.8) is 0 Å². The summed E-state index contributed by atoms with van der Waals surface area (Å²) in [7, 11) is 0. The van der Waals surface area contributed by atoms with Crippen LogP contribution < -0.4 is 0 Å². The standard InChI is InChI=1S/C11H13N3O4S/c15-3-5-6(16)7(17)8(18-5)10-13-9-4(1-2-12-9)11(19)14-10/h1-2,5-8,15-17H,3H2,(H2,12,13,14,19)/t5-,6-,7+,8-/m1/s1. The van der Waals surface area contributed by atoms with Gasteiger partial charge in [0.05, 0.1) is 12.0 Å². The Hall–Kier alpha value is -1.32. The van der Waals surface area contributed by atoms with Gasteiger partial charge < -0.3 is 30.0 Å². The Labute approximate surface area is 112 Å². The minimum Gasteiger partial charge on any atom is -0.394 e. The van der Waals surface area contributed by atoms with Crippen molar-refractivity contribution >= 4 is 23.3 Å². The highest BCUT2D eigenvalue weighted by Crippen LogP contribution is 2.32. The van der Waals surface area contributed by atoms with Gasteiger partial charge in [0.15, 0.2) is 0 Å². The van der Waals surface area contributed by atoms with Crippen molar-refractivity contribution in [3.05, 3.63) is 22.7 Å². The molecule has 1 aliphatic heterocycles. The Morgan fingerprint density at radius 3 is 2.84 bits per heavy atom. The van der Waals surface area contributed by atoms with E-state index in [1.165, 1.54) is 0 Å². The molecule has 1 aliphatic rings. The highest BCUT2D eigenvalue weighted by atomic mass is 32.1. The van der Waals surface area contributed by atoms with E-state index in [0.29, 0.717) is 16.1 Å². The van der Waals surface area contributed by atoms with Crippen molar-refractivity contribution in [2.24, 2.45) is 0 Å². The van der Waals surface area contributed by atoms with Crippen molar-refractivity contribution < 1.29 is 20.1 Å². The second kappa shape index (κ2) is 4.66. The molecule has 0 radical (unpaired) electrons. The van der Waals surface area contributed by atoms with Crippen molar-refractivity contribution in [3.8, 4) is 0 Å². The van der Waals surface area contributed by atoms with Crippen LogP contribution in [-0.4, -0.2) is 55.2 Å². The first-order valence-electron chi connectivity index (χ1n) is 5.81. The third-order valence-corrected chi connectivity index (χ3v) is 3.58. The molecule has 3 rings (SSSR count). The van der Waals surface area contributed by atoms with Crippen LogP contribution in [0.25, 0.3) is 11.0 Å². The van der Waals surface area contributed by atoms with E-state index in [2.05, 4.69) is 15.0 Å². The molecule has 102 valence electrons. The largest absolute Gasteiger partial charge is 0.394 e. The SMILES string of the molecule is OC[C@H]1O[C@@H](c2nc3[nH]ccc3c(=S)[nH]2)[C@@H](O)[C@@H]1O. The number of fused-ring (bicyclic) bond motifs is 1. The van der Waals surface area contributed by atoms with Gasteiger partial charge in [-0.3, -0.25) is 0 Å². The predicted octanol–water partition coefficient (Wildman–Crippen LogP) is -0.226. The second-order valence-corrected chi connectivity index (χ2v) is 4.86. The molecule has 3 heterocycles. The summed E-state index contributed by atoms with van der Waals surface area (Å²) in [5, 5.41) is 29.5. The molecule has 19 heavy (non-hydrogen) atoms. The molecule has 2 aromatic rings.